The van der Waals surface area contributed by atoms with E-state index in [1.54, 1.807) is 0 Å². The number of carbonyl (C=O) groups excluding carboxylic acids is 1. The summed E-state index contributed by atoms with van der Waals surface area (Å²) in [7, 11) is 0. The van der Waals surface area contributed by atoms with Crippen LogP contribution in [0.15, 0.2) is 0 Å². The van der Waals surface area contributed by atoms with E-state index in [0.29, 0.717) is 24.3 Å². The molecular formula is C10H18N2O. The van der Waals surface area contributed by atoms with Gasteiger partial charge in [0.2, 0.25) is 5.91 Å². The van der Waals surface area contributed by atoms with Crippen molar-refractivity contribution in [2.24, 2.45) is 23.5 Å². The van der Waals surface area contributed by atoms with Gasteiger partial charge in [-0.2, -0.15) is 0 Å². The third-order valence-electron chi connectivity index (χ3n) is 3.45. The van der Waals surface area contributed by atoms with E-state index in [1.165, 1.54) is 19.3 Å². The van der Waals surface area contributed by atoms with Gasteiger partial charge in [-0.25, -0.2) is 0 Å². The molecule has 74 valence electrons. The number of amides is 1. The molecule has 2 saturated carbocycles. The Morgan fingerprint density at radius 1 is 1.54 bits per heavy atom. The number of carbonyl (C=O) groups is 1. The largest absolute Gasteiger partial charge is 0.352 e. The molecule has 2 rings (SSSR count). The van der Waals surface area contributed by atoms with Crippen LogP contribution >= 0.6 is 0 Å². The van der Waals surface area contributed by atoms with Gasteiger partial charge in [-0.05, 0) is 31.6 Å². The zero-order chi connectivity index (χ0) is 9.42. The zero-order valence-corrected chi connectivity index (χ0v) is 8.12. The van der Waals surface area contributed by atoms with Gasteiger partial charge in [0, 0.05) is 18.5 Å². The van der Waals surface area contributed by atoms with E-state index in [1.807, 2.05) is 6.92 Å². The van der Waals surface area contributed by atoms with Gasteiger partial charge < -0.3 is 11.1 Å². The van der Waals surface area contributed by atoms with Gasteiger partial charge in [0.05, 0.1) is 0 Å². The Kier molecular flexibility index (Phi) is 2.28. The highest BCUT2D eigenvalue weighted by Crippen LogP contribution is 2.57. The molecule has 3 nitrogen and oxygen atoms in total. The lowest BCUT2D eigenvalue weighted by molar-refractivity contribution is -0.123. The van der Waals surface area contributed by atoms with Crippen LogP contribution in [0.25, 0.3) is 0 Å². The molecule has 3 heteroatoms. The van der Waals surface area contributed by atoms with Gasteiger partial charge in [-0.15, -0.1) is 0 Å². The molecule has 2 aliphatic rings. The van der Waals surface area contributed by atoms with Crippen molar-refractivity contribution < 1.29 is 4.79 Å². The maximum absolute atomic E-state index is 11.6. The first-order valence-corrected chi connectivity index (χ1v) is 5.24. The Balaban J connectivity index is 1.80. The molecular weight excluding hydrogens is 164 g/mol. The minimum atomic E-state index is 0.133. The SMILES string of the molecule is C[C@@H](CN)NC(=O)C1C2CCCC21. The van der Waals surface area contributed by atoms with Crippen LogP contribution < -0.4 is 11.1 Å². The molecule has 0 aromatic rings. The smallest absolute Gasteiger partial charge is 0.223 e. The van der Waals surface area contributed by atoms with Crippen LogP contribution in [0.5, 0.6) is 0 Å². The predicted molar refractivity (Wildman–Crippen MR) is 51.0 cm³/mol. The molecule has 13 heavy (non-hydrogen) atoms. The first kappa shape index (κ1) is 9.00. The first-order chi connectivity index (χ1) is 6.24. The molecule has 2 aliphatic carbocycles. The van der Waals surface area contributed by atoms with Crippen molar-refractivity contribution in [3.05, 3.63) is 0 Å². The first-order valence-electron chi connectivity index (χ1n) is 5.24. The summed E-state index contributed by atoms with van der Waals surface area (Å²) in [6.45, 7) is 2.49. The fourth-order valence-electron chi connectivity index (χ4n) is 2.61. The minimum absolute atomic E-state index is 0.133. The molecule has 0 bridgehead atoms. The molecule has 0 radical (unpaired) electrons. The Labute approximate surface area is 79.1 Å². The zero-order valence-electron chi connectivity index (χ0n) is 8.12. The quantitative estimate of drug-likeness (QED) is 0.667. The third-order valence-corrected chi connectivity index (χ3v) is 3.45. The average Bonchev–Trinajstić information content (AvgIpc) is 2.61. The van der Waals surface area contributed by atoms with E-state index in [2.05, 4.69) is 5.32 Å². The summed E-state index contributed by atoms with van der Waals surface area (Å²) in [5.74, 6) is 2.00. The molecule has 3 N–H and O–H groups in total. The highest BCUT2D eigenvalue weighted by molar-refractivity contribution is 5.82. The van der Waals surface area contributed by atoms with Gasteiger partial charge in [-0.3, -0.25) is 4.79 Å². The van der Waals surface area contributed by atoms with Gasteiger partial charge in [0.25, 0.3) is 0 Å². The molecule has 2 fully saturated rings. The highest BCUT2D eigenvalue weighted by atomic mass is 16.2. The maximum Gasteiger partial charge on any atom is 0.223 e. The summed E-state index contributed by atoms with van der Waals surface area (Å²) in [6, 6.07) is 0.133. The molecule has 3 atom stereocenters. The summed E-state index contributed by atoms with van der Waals surface area (Å²) in [5.41, 5.74) is 5.44. The van der Waals surface area contributed by atoms with E-state index in [0.717, 1.165) is 0 Å². The van der Waals surface area contributed by atoms with Crippen LogP contribution in [0, 0.1) is 17.8 Å². The lowest BCUT2D eigenvalue weighted by Gasteiger charge is -2.11. The monoisotopic (exact) mass is 182 g/mol. The van der Waals surface area contributed by atoms with Gasteiger partial charge in [-0.1, -0.05) is 6.42 Å². The lowest BCUT2D eigenvalue weighted by Crippen LogP contribution is -2.39. The van der Waals surface area contributed by atoms with Crippen LogP contribution in [0.3, 0.4) is 0 Å². The van der Waals surface area contributed by atoms with Crippen molar-refractivity contribution in [1.82, 2.24) is 5.32 Å². The number of rotatable bonds is 3. The second-order valence-electron chi connectivity index (χ2n) is 4.43. The standard InChI is InChI=1S/C10H18N2O/c1-6(5-11)12-10(13)9-7-3-2-4-8(7)9/h6-9H,2-5,11H2,1H3,(H,12,13)/t6-,7?,8?,9?/m0/s1. The molecule has 0 aliphatic heterocycles. The molecule has 2 unspecified atom stereocenters. The maximum atomic E-state index is 11.6. The summed E-state index contributed by atoms with van der Waals surface area (Å²) >= 11 is 0. The van der Waals surface area contributed by atoms with Crippen molar-refractivity contribution in [2.45, 2.75) is 32.2 Å². The molecule has 0 aromatic heterocycles. The van der Waals surface area contributed by atoms with Gasteiger partial charge >= 0.3 is 0 Å². The summed E-state index contributed by atoms with van der Waals surface area (Å²) in [6.07, 6.45) is 3.85. The van der Waals surface area contributed by atoms with Gasteiger partial charge in [0.1, 0.15) is 0 Å². The van der Waals surface area contributed by atoms with Crippen molar-refractivity contribution >= 4 is 5.91 Å². The predicted octanol–water partition coefficient (Wildman–Crippen LogP) is 0.496. The minimum Gasteiger partial charge on any atom is -0.352 e. The normalized spacial score (nSPS) is 38.2. The van der Waals surface area contributed by atoms with Crippen molar-refractivity contribution in [3.63, 3.8) is 0 Å². The van der Waals surface area contributed by atoms with Crippen LogP contribution in [0.2, 0.25) is 0 Å². The summed E-state index contributed by atoms with van der Waals surface area (Å²) < 4.78 is 0. The van der Waals surface area contributed by atoms with Crippen molar-refractivity contribution in [1.29, 1.82) is 0 Å². The Bertz CT molecular complexity index is 207. The molecule has 0 spiro atoms. The van der Waals surface area contributed by atoms with Crippen molar-refractivity contribution in [3.8, 4) is 0 Å². The fourth-order valence-corrected chi connectivity index (χ4v) is 2.61. The van der Waals surface area contributed by atoms with Crippen LogP contribution in [0.4, 0.5) is 0 Å². The number of hydrogen-bond donors (Lipinski definition) is 2. The fraction of sp³-hybridized carbons (Fsp3) is 0.900. The molecule has 0 aromatic carbocycles. The highest BCUT2D eigenvalue weighted by Gasteiger charge is 2.56. The van der Waals surface area contributed by atoms with Crippen LogP contribution in [0.1, 0.15) is 26.2 Å². The van der Waals surface area contributed by atoms with E-state index >= 15 is 0 Å². The van der Waals surface area contributed by atoms with E-state index in [9.17, 15) is 4.79 Å². The average molecular weight is 182 g/mol. The number of nitrogens with one attached hydrogen (secondary N) is 1. The Morgan fingerprint density at radius 3 is 2.69 bits per heavy atom. The van der Waals surface area contributed by atoms with E-state index in [4.69, 9.17) is 5.73 Å². The summed E-state index contributed by atoms with van der Waals surface area (Å²) in [5, 5.41) is 2.96. The second kappa shape index (κ2) is 3.29. The number of fused-ring (bicyclic) bond motifs is 1. The van der Waals surface area contributed by atoms with E-state index in [-0.39, 0.29) is 11.9 Å². The third kappa shape index (κ3) is 1.57. The molecule has 1 amide bonds. The lowest BCUT2D eigenvalue weighted by atomic mass is 10.1. The van der Waals surface area contributed by atoms with E-state index < -0.39 is 0 Å². The molecule has 0 saturated heterocycles. The number of hydrogen-bond acceptors (Lipinski definition) is 2. The van der Waals surface area contributed by atoms with Gasteiger partial charge in [0.15, 0.2) is 0 Å². The Hall–Kier alpha value is -0.570. The summed E-state index contributed by atoms with van der Waals surface area (Å²) in [4.78, 5) is 11.6. The topological polar surface area (TPSA) is 55.1 Å². The van der Waals surface area contributed by atoms with Crippen LogP contribution in [-0.2, 0) is 4.79 Å². The number of nitrogens with two attached hydrogens (primary N) is 1. The van der Waals surface area contributed by atoms with Crippen molar-refractivity contribution in [2.75, 3.05) is 6.54 Å². The Morgan fingerprint density at radius 2 is 2.15 bits per heavy atom. The van der Waals surface area contributed by atoms with Crippen LogP contribution in [-0.4, -0.2) is 18.5 Å². The molecule has 0 heterocycles. The second-order valence-corrected chi connectivity index (χ2v) is 4.43.